The molecule has 0 aliphatic carbocycles. The van der Waals surface area contributed by atoms with Gasteiger partial charge >= 0.3 is 0 Å². The number of fused-ring (bicyclic) bond motifs is 2. The number of imidazole rings is 1. The Morgan fingerprint density at radius 2 is 1.74 bits per heavy atom. The minimum Gasteiger partial charge on any atom is -0.383 e. The van der Waals surface area contributed by atoms with E-state index in [1.54, 1.807) is 30.6 Å². The molecule has 0 spiro atoms. The predicted octanol–water partition coefficient (Wildman–Crippen LogP) is 5.10. The van der Waals surface area contributed by atoms with Gasteiger partial charge in [0.15, 0.2) is 4.96 Å². The van der Waals surface area contributed by atoms with Gasteiger partial charge in [0.05, 0.1) is 17.2 Å². The first-order valence-corrected chi connectivity index (χ1v) is 13.4. The van der Waals surface area contributed by atoms with Gasteiger partial charge in [-0.3, -0.25) is 4.40 Å². The summed E-state index contributed by atoms with van der Waals surface area (Å²) in [5, 5.41) is 3.97. The summed E-state index contributed by atoms with van der Waals surface area (Å²) in [6, 6.07) is 23.1. The van der Waals surface area contributed by atoms with Crippen LogP contribution in [0, 0.1) is 0 Å². The number of ether oxygens (including phenoxy) is 1. The minimum absolute atomic E-state index is 0.290. The summed E-state index contributed by atoms with van der Waals surface area (Å²) in [6.45, 7) is 0.969. The SMILES string of the molecule is COCCN(CCc1csc2nc(-c3ccccc3)cn12)S(=O)(=O)c1ccc2ccccc2c1. The average Bonchev–Trinajstić information content (AvgIpc) is 3.46. The van der Waals surface area contributed by atoms with Crippen LogP contribution in [0.3, 0.4) is 0 Å². The molecule has 2 heterocycles. The molecular weight excluding hydrogens is 466 g/mol. The van der Waals surface area contributed by atoms with Crippen molar-refractivity contribution in [1.82, 2.24) is 13.7 Å². The topological polar surface area (TPSA) is 63.9 Å². The number of methoxy groups -OCH3 is 1. The molecule has 0 amide bonds. The Morgan fingerprint density at radius 1 is 0.971 bits per heavy atom. The van der Waals surface area contributed by atoms with Crippen LogP contribution in [0.5, 0.6) is 0 Å². The number of benzene rings is 3. The van der Waals surface area contributed by atoms with Crippen molar-refractivity contribution in [2.45, 2.75) is 11.3 Å². The van der Waals surface area contributed by atoms with Crippen molar-refractivity contribution in [1.29, 1.82) is 0 Å². The van der Waals surface area contributed by atoms with Crippen LogP contribution in [0.1, 0.15) is 5.69 Å². The first-order valence-electron chi connectivity index (χ1n) is 11.0. The largest absolute Gasteiger partial charge is 0.383 e. The van der Waals surface area contributed by atoms with E-state index >= 15 is 0 Å². The van der Waals surface area contributed by atoms with Crippen LogP contribution in [-0.2, 0) is 21.2 Å². The molecule has 34 heavy (non-hydrogen) atoms. The van der Waals surface area contributed by atoms with Crippen molar-refractivity contribution < 1.29 is 13.2 Å². The van der Waals surface area contributed by atoms with E-state index in [9.17, 15) is 8.42 Å². The van der Waals surface area contributed by atoms with E-state index in [0.717, 1.165) is 32.7 Å². The quantitative estimate of drug-likeness (QED) is 0.288. The molecule has 5 aromatic rings. The van der Waals surface area contributed by atoms with E-state index in [-0.39, 0.29) is 6.54 Å². The average molecular weight is 492 g/mol. The molecule has 0 aliphatic rings. The Bertz CT molecular complexity index is 1530. The number of hydrogen-bond acceptors (Lipinski definition) is 5. The van der Waals surface area contributed by atoms with Crippen molar-refractivity contribution in [3.8, 4) is 11.3 Å². The molecule has 3 aromatic carbocycles. The maximum atomic E-state index is 13.5. The number of sulfonamides is 1. The summed E-state index contributed by atoms with van der Waals surface area (Å²) in [6.07, 6.45) is 2.59. The molecule has 0 saturated heterocycles. The Morgan fingerprint density at radius 3 is 2.53 bits per heavy atom. The lowest BCUT2D eigenvalue weighted by atomic mass is 10.1. The van der Waals surface area contributed by atoms with Crippen LogP contribution in [0.25, 0.3) is 27.0 Å². The molecule has 2 aromatic heterocycles. The van der Waals surface area contributed by atoms with Gasteiger partial charge in [-0.2, -0.15) is 4.31 Å². The molecule has 0 unspecified atom stereocenters. The standard InChI is InChI=1S/C26H25N3O3S2/c1-32-16-15-28(34(30,31)24-12-11-20-7-5-6-10-22(20)17-24)14-13-23-19-33-26-27-25(18-29(23)26)21-8-3-2-4-9-21/h2-12,17-19H,13-16H2,1H3. The second-order valence-corrected chi connectivity index (χ2v) is 10.8. The maximum Gasteiger partial charge on any atom is 0.243 e. The fourth-order valence-electron chi connectivity index (χ4n) is 4.02. The van der Waals surface area contributed by atoms with Crippen molar-refractivity contribution in [2.75, 3.05) is 26.8 Å². The zero-order valence-corrected chi connectivity index (χ0v) is 20.4. The Hall–Kier alpha value is -3.04. The van der Waals surface area contributed by atoms with Crippen molar-refractivity contribution in [3.63, 3.8) is 0 Å². The predicted molar refractivity (Wildman–Crippen MR) is 137 cm³/mol. The highest BCUT2D eigenvalue weighted by molar-refractivity contribution is 7.89. The van der Waals surface area contributed by atoms with Crippen molar-refractivity contribution in [2.24, 2.45) is 0 Å². The van der Waals surface area contributed by atoms with Gasteiger partial charge in [0.25, 0.3) is 0 Å². The van der Waals surface area contributed by atoms with Crippen LogP contribution in [0.15, 0.2) is 89.3 Å². The smallest absolute Gasteiger partial charge is 0.243 e. The highest BCUT2D eigenvalue weighted by Crippen LogP contribution is 2.25. The normalized spacial score (nSPS) is 12.2. The van der Waals surface area contributed by atoms with Crippen LogP contribution < -0.4 is 0 Å². The van der Waals surface area contributed by atoms with Crippen molar-refractivity contribution in [3.05, 3.63) is 90.1 Å². The lowest BCUT2D eigenvalue weighted by Crippen LogP contribution is -2.35. The number of aromatic nitrogens is 2. The minimum atomic E-state index is -3.68. The van der Waals surface area contributed by atoms with E-state index in [4.69, 9.17) is 9.72 Å². The number of nitrogens with zero attached hydrogens (tertiary/aromatic N) is 3. The van der Waals surface area contributed by atoms with E-state index < -0.39 is 10.0 Å². The second-order valence-electron chi connectivity index (χ2n) is 8.03. The number of thiazole rings is 1. The molecule has 0 radical (unpaired) electrons. The van der Waals surface area contributed by atoms with E-state index in [1.807, 2.05) is 72.2 Å². The highest BCUT2D eigenvalue weighted by Gasteiger charge is 2.25. The fraction of sp³-hybridized carbons (Fsp3) is 0.192. The molecule has 0 aliphatic heterocycles. The second kappa shape index (κ2) is 9.68. The molecule has 0 atom stereocenters. The van der Waals surface area contributed by atoms with Gasteiger partial charge < -0.3 is 4.74 Å². The van der Waals surface area contributed by atoms with Gasteiger partial charge in [-0.15, -0.1) is 11.3 Å². The molecule has 8 heteroatoms. The first-order chi connectivity index (χ1) is 16.6. The summed E-state index contributed by atoms with van der Waals surface area (Å²) in [5.41, 5.74) is 3.00. The van der Waals surface area contributed by atoms with E-state index in [0.29, 0.717) is 24.5 Å². The Balaban J connectivity index is 1.41. The summed E-state index contributed by atoms with van der Waals surface area (Å²) in [5.74, 6) is 0. The molecule has 6 nitrogen and oxygen atoms in total. The van der Waals surface area contributed by atoms with Gasteiger partial charge in [-0.1, -0.05) is 60.7 Å². The lowest BCUT2D eigenvalue weighted by Gasteiger charge is -2.22. The first kappa shape index (κ1) is 22.7. The highest BCUT2D eigenvalue weighted by atomic mass is 32.2. The molecule has 174 valence electrons. The lowest BCUT2D eigenvalue weighted by molar-refractivity contribution is 0.179. The van der Waals surface area contributed by atoms with Gasteiger partial charge in [0, 0.05) is 49.5 Å². The molecule has 0 bridgehead atoms. The summed E-state index contributed by atoms with van der Waals surface area (Å²) >= 11 is 1.56. The number of hydrogen-bond donors (Lipinski definition) is 0. The third-order valence-corrected chi connectivity index (χ3v) is 8.66. The van der Waals surface area contributed by atoms with Crippen LogP contribution >= 0.6 is 11.3 Å². The van der Waals surface area contributed by atoms with E-state index in [1.165, 1.54) is 4.31 Å². The summed E-state index contributed by atoms with van der Waals surface area (Å²) in [4.78, 5) is 5.93. The van der Waals surface area contributed by atoms with E-state index in [2.05, 4.69) is 4.40 Å². The Labute approximate surface area is 203 Å². The maximum absolute atomic E-state index is 13.5. The Kier molecular flexibility index (Phi) is 6.47. The summed E-state index contributed by atoms with van der Waals surface area (Å²) in [7, 11) is -2.09. The van der Waals surface area contributed by atoms with Crippen LogP contribution in [0.4, 0.5) is 0 Å². The summed E-state index contributed by atoms with van der Waals surface area (Å²) < 4.78 is 35.9. The van der Waals surface area contributed by atoms with Crippen LogP contribution in [0.2, 0.25) is 0 Å². The zero-order chi connectivity index (χ0) is 23.5. The third kappa shape index (κ3) is 4.50. The zero-order valence-electron chi connectivity index (χ0n) is 18.8. The molecular formula is C26H25N3O3S2. The number of rotatable bonds is 9. The molecule has 0 fully saturated rings. The van der Waals surface area contributed by atoms with Gasteiger partial charge in [0.1, 0.15) is 0 Å². The van der Waals surface area contributed by atoms with Crippen LogP contribution in [-0.4, -0.2) is 48.9 Å². The molecule has 0 saturated carbocycles. The van der Waals surface area contributed by atoms with Gasteiger partial charge in [-0.05, 0) is 22.9 Å². The molecule has 5 rings (SSSR count). The van der Waals surface area contributed by atoms with Gasteiger partial charge in [-0.25, -0.2) is 13.4 Å². The fourth-order valence-corrected chi connectivity index (χ4v) is 6.39. The monoisotopic (exact) mass is 491 g/mol. The third-order valence-electron chi connectivity index (χ3n) is 5.87. The molecule has 0 N–H and O–H groups in total. The van der Waals surface area contributed by atoms with Gasteiger partial charge in [0.2, 0.25) is 10.0 Å². The van der Waals surface area contributed by atoms with Crippen molar-refractivity contribution >= 4 is 37.1 Å².